The summed E-state index contributed by atoms with van der Waals surface area (Å²) in [5, 5.41) is 3.97. The minimum Gasteiger partial charge on any atom is -0.497 e. The van der Waals surface area contributed by atoms with Gasteiger partial charge in [0, 0.05) is 12.1 Å². The number of carbonyl (C=O) groups excluding carboxylic acids is 1. The third kappa shape index (κ3) is 4.27. The minimum absolute atomic E-state index is 0.193. The molecule has 3 aromatic carbocycles. The fourth-order valence-corrected chi connectivity index (χ4v) is 3.60. The molecule has 0 atom stereocenters. The van der Waals surface area contributed by atoms with Crippen LogP contribution in [0.15, 0.2) is 66.7 Å². The fraction of sp³-hybridized carbons (Fsp3) is 0.130. The van der Waals surface area contributed by atoms with Gasteiger partial charge in [0.1, 0.15) is 11.6 Å². The monoisotopic (exact) mass is 439 g/mol. The summed E-state index contributed by atoms with van der Waals surface area (Å²) < 4.78 is 7.26. The SMILES string of the molecule is COc1cccc(C(=O)NCc2nc3ccccc3n2Cc2ccc(Cl)c(Cl)c2)c1. The lowest BCUT2D eigenvalue weighted by atomic mass is 10.2. The summed E-state index contributed by atoms with van der Waals surface area (Å²) >= 11 is 12.2. The van der Waals surface area contributed by atoms with Crippen LogP contribution in [-0.2, 0) is 13.1 Å². The van der Waals surface area contributed by atoms with Crippen LogP contribution in [0.1, 0.15) is 21.7 Å². The van der Waals surface area contributed by atoms with Crippen LogP contribution in [0.4, 0.5) is 0 Å². The number of fused-ring (bicyclic) bond motifs is 1. The van der Waals surface area contributed by atoms with Crippen molar-refractivity contribution in [3.63, 3.8) is 0 Å². The first kappa shape index (κ1) is 20.3. The highest BCUT2D eigenvalue weighted by molar-refractivity contribution is 6.42. The number of benzene rings is 3. The largest absolute Gasteiger partial charge is 0.497 e. The Morgan fingerprint density at radius 2 is 1.87 bits per heavy atom. The topological polar surface area (TPSA) is 56.1 Å². The van der Waals surface area contributed by atoms with Crippen molar-refractivity contribution in [3.8, 4) is 5.75 Å². The van der Waals surface area contributed by atoms with Gasteiger partial charge in [-0.3, -0.25) is 4.79 Å². The smallest absolute Gasteiger partial charge is 0.251 e. The van der Waals surface area contributed by atoms with Gasteiger partial charge in [0.05, 0.1) is 34.7 Å². The predicted octanol–water partition coefficient (Wildman–Crippen LogP) is 5.33. The molecule has 7 heteroatoms. The molecule has 1 amide bonds. The molecule has 152 valence electrons. The van der Waals surface area contributed by atoms with Gasteiger partial charge in [-0.05, 0) is 48.0 Å². The molecule has 0 saturated carbocycles. The van der Waals surface area contributed by atoms with Gasteiger partial charge in [0.25, 0.3) is 5.91 Å². The van der Waals surface area contributed by atoms with Gasteiger partial charge in [-0.15, -0.1) is 0 Å². The molecule has 1 N–H and O–H groups in total. The lowest BCUT2D eigenvalue weighted by Gasteiger charge is -2.11. The molecule has 0 spiro atoms. The number of nitrogens with zero attached hydrogens (tertiary/aromatic N) is 2. The van der Waals surface area contributed by atoms with Crippen LogP contribution in [0.5, 0.6) is 5.75 Å². The van der Waals surface area contributed by atoms with E-state index in [-0.39, 0.29) is 12.5 Å². The van der Waals surface area contributed by atoms with Crippen molar-refractivity contribution < 1.29 is 9.53 Å². The number of para-hydroxylation sites is 2. The first-order chi connectivity index (χ1) is 14.5. The normalized spacial score (nSPS) is 10.9. The van der Waals surface area contributed by atoms with Crippen LogP contribution in [0.25, 0.3) is 11.0 Å². The molecule has 4 aromatic rings. The Bertz CT molecular complexity index is 1220. The molecule has 0 fully saturated rings. The second-order valence-electron chi connectivity index (χ2n) is 6.77. The van der Waals surface area contributed by atoms with Crippen LogP contribution >= 0.6 is 23.2 Å². The lowest BCUT2D eigenvalue weighted by Crippen LogP contribution is -2.25. The van der Waals surface area contributed by atoms with Crippen LogP contribution in [-0.4, -0.2) is 22.6 Å². The van der Waals surface area contributed by atoms with Gasteiger partial charge >= 0.3 is 0 Å². The molecular formula is C23H19Cl2N3O2. The Labute approximate surface area is 184 Å². The van der Waals surface area contributed by atoms with Crippen molar-refractivity contribution in [2.45, 2.75) is 13.1 Å². The van der Waals surface area contributed by atoms with Crippen LogP contribution in [0.2, 0.25) is 10.0 Å². The maximum absolute atomic E-state index is 12.6. The molecular weight excluding hydrogens is 421 g/mol. The second kappa shape index (κ2) is 8.78. The van der Waals surface area contributed by atoms with Crippen molar-refractivity contribution in [1.82, 2.24) is 14.9 Å². The first-order valence-electron chi connectivity index (χ1n) is 9.35. The summed E-state index contributed by atoms with van der Waals surface area (Å²) in [5.74, 6) is 1.19. The highest BCUT2D eigenvalue weighted by Crippen LogP contribution is 2.25. The highest BCUT2D eigenvalue weighted by atomic mass is 35.5. The Morgan fingerprint density at radius 3 is 2.67 bits per heavy atom. The molecule has 4 rings (SSSR count). The van der Waals surface area contributed by atoms with E-state index in [1.165, 1.54) is 0 Å². The number of carbonyl (C=O) groups is 1. The van der Waals surface area contributed by atoms with Gasteiger partial charge in [0.15, 0.2) is 0 Å². The number of hydrogen-bond donors (Lipinski definition) is 1. The molecule has 1 heterocycles. The number of rotatable bonds is 6. The summed E-state index contributed by atoms with van der Waals surface area (Å²) in [6.45, 7) is 0.841. The van der Waals surface area contributed by atoms with Gasteiger partial charge in [-0.25, -0.2) is 4.98 Å². The van der Waals surface area contributed by atoms with E-state index >= 15 is 0 Å². The number of methoxy groups -OCH3 is 1. The zero-order valence-corrected chi connectivity index (χ0v) is 17.7. The molecule has 0 bridgehead atoms. The van der Waals surface area contributed by atoms with E-state index in [2.05, 4.69) is 9.88 Å². The van der Waals surface area contributed by atoms with Crippen LogP contribution < -0.4 is 10.1 Å². The molecule has 0 radical (unpaired) electrons. The summed E-state index contributed by atoms with van der Waals surface area (Å²) in [6, 6.07) is 20.5. The van der Waals surface area contributed by atoms with E-state index in [0.29, 0.717) is 27.9 Å². The van der Waals surface area contributed by atoms with Gasteiger partial charge < -0.3 is 14.6 Å². The maximum atomic E-state index is 12.6. The van der Waals surface area contributed by atoms with Crippen molar-refractivity contribution in [1.29, 1.82) is 0 Å². The van der Waals surface area contributed by atoms with Crippen LogP contribution in [0, 0.1) is 0 Å². The van der Waals surface area contributed by atoms with E-state index in [1.807, 2.05) is 36.4 Å². The van der Waals surface area contributed by atoms with Gasteiger partial charge in [-0.2, -0.15) is 0 Å². The second-order valence-corrected chi connectivity index (χ2v) is 7.58. The van der Waals surface area contributed by atoms with Crippen molar-refractivity contribution in [3.05, 3.63) is 93.7 Å². The fourth-order valence-electron chi connectivity index (χ4n) is 3.28. The molecule has 0 unspecified atom stereocenters. The van der Waals surface area contributed by atoms with Crippen LogP contribution in [0.3, 0.4) is 0 Å². The third-order valence-corrected chi connectivity index (χ3v) is 5.54. The number of imidazole rings is 1. The molecule has 0 aliphatic heterocycles. The Kier molecular flexibility index (Phi) is 5.93. The first-order valence-corrected chi connectivity index (χ1v) is 10.1. The lowest BCUT2D eigenvalue weighted by molar-refractivity contribution is 0.0949. The van der Waals surface area contributed by atoms with Gasteiger partial charge in [-0.1, -0.05) is 47.5 Å². The summed E-state index contributed by atoms with van der Waals surface area (Å²) in [7, 11) is 1.57. The minimum atomic E-state index is -0.193. The number of halogens is 2. The average molecular weight is 440 g/mol. The summed E-state index contributed by atoms with van der Waals surface area (Å²) in [5.41, 5.74) is 3.37. The molecule has 0 aliphatic carbocycles. The Balaban J connectivity index is 1.61. The molecule has 1 aromatic heterocycles. The van der Waals surface area contributed by atoms with E-state index < -0.39 is 0 Å². The number of amides is 1. The third-order valence-electron chi connectivity index (χ3n) is 4.80. The van der Waals surface area contributed by atoms with Crippen molar-refractivity contribution in [2.24, 2.45) is 0 Å². The standard InChI is InChI=1S/C23H19Cl2N3O2/c1-30-17-6-4-5-16(12-17)23(29)26-13-22-27-20-7-2-3-8-21(20)28(22)14-15-9-10-18(24)19(25)11-15/h2-12H,13-14H2,1H3,(H,26,29). The summed E-state index contributed by atoms with van der Waals surface area (Å²) in [6.07, 6.45) is 0. The maximum Gasteiger partial charge on any atom is 0.251 e. The number of aromatic nitrogens is 2. The average Bonchev–Trinajstić information content (AvgIpc) is 3.12. The zero-order valence-electron chi connectivity index (χ0n) is 16.2. The van der Waals surface area contributed by atoms with E-state index in [1.54, 1.807) is 37.4 Å². The zero-order chi connectivity index (χ0) is 21.1. The Hall–Kier alpha value is -3.02. The molecule has 0 aliphatic rings. The summed E-state index contributed by atoms with van der Waals surface area (Å²) in [4.78, 5) is 17.3. The number of hydrogen-bond acceptors (Lipinski definition) is 3. The van der Waals surface area contributed by atoms with E-state index in [9.17, 15) is 4.79 Å². The van der Waals surface area contributed by atoms with E-state index in [0.717, 1.165) is 22.4 Å². The van der Waals surface area contributed by atoms with E-state index in [4.69, 9.17) is 32.9 Å². The predicted molar refractivity (Wildman–Crippen MR) is 119 cm³/mol. The molecule has 30 heavy (non-hydrogen) atoms. The molecule has 5 nitrogen and oxygen atoms in total. The van der Waals surface area contributed by atoms with Gasteiger partial charge in [0.2, 0.25) is 0 Å². The molecule has 0 saturated heterocycles. The number of nitrogens with one attached hydrogen (secondary N) is 1. The number of ether oxygens (including phenoxy) is 1. The van der Waals surface area contributed by atoms with Crippen molar-refractivity contribution in [2.75, 3.05) is 7.11 Å². The van der Waals surface area contributed by atoms with Crippen molar-refractivity contribution >= 4 is 40.1 Å². The quantitative estimate of drug-likeness (QED) is 0.441. The highest BCUT2D eigenvalue weighted by Gasteiger charge is 2.14. The Morgan fingerprint density at radius 1 is 1.03 bits per heavy atom.